The second-order valence-corrected chi connectivity index (χ2v) is 9.31. The van der Waals surface area contributed by atoms with Crippen LogP contribution in [0.1, 0.15) is 41.1 Å². The topological polar surface area (TPSA) is 67.4 Å². The Morgan fingerprint density at radius 3 is 2.36 bits per heavy atom. The molecule has 1 amide bonds. The largest absolute Gasteiger partial charge is 0.491 e. The fourth-order valence-corrected chi connectivity index (χ4v) is 4.30. The minimum Gasteiger partial charge on any atom is -0.419 e. The lowest BCUT2D eigenvalue weighted by Gasteiger charge is -2.16. The first kappa shape index (κ1) is 24.1. The van der Waals surface area contributed by atoms with E-state index in [0.29, 0.717) is 23.6 Å². The van der Waals surface area contributed by atoms with Crippen molar-refractivity contribution in [3.05, 3.63) is 83.9 Å². The molecule has 5 rings (SSSR count). The molecule has 0 bridgehead atoms. The first-order valence-electron chi connectivity index (χ1n) is 11.9. The van der Waals surface area contributed by atoms with Crippen molar-refractivity contribution in [3.8, 4) is 16.9 Å². The smallest absolute Gasteiger partial charge is 0.419 e. The third kappa shape index (κ3) is 5.60. The molecule has 8 heteroatoms. The molecular weight excluding hydrogens is 469 g/mol. The van der Waals surface area contributed by atoms with Crippen LogP contribution in [0.25, 0.3) is 11.1 Å². The Morgan fingerprint density at radius 2 is 1.64 bits per heavy atom. The van der Waals surface area contributed by atoms with Crippen molar-refractivity contribution in [2.75, 3.05) is 11.9 Å². The highest BCUT2D eigenvalue weighted by Crippen LogP contribution is 2.47. The van der Waals surface area contributed by atoms with Gasteiger partial charge < -0.3 is 15.4 Å². The lowest BCUT2D eigenvalue weighted by molar-refractivity contribution is -0.189. The lowest BCUT2D eigenvalue weighted by Crippen LogP contribution is -2.29. The molecule has 5 nitrogen and oxygen atoms in total. The molecule has 2 aliphatic carbocycles. The molecule has 2 fully saturated rings. The van der Waals surface area contributed by atoms with Gasteiger partial charge in [-0.2, -0.15) is 13.2 Å². The van der Waals surface area contributed by atoms with Crippen molar-refractivity contribution >= 4 is 17.6 Å². The number of para-hydroxylation sites is 1. The molecule has 186 valence electrons. The zero-order valence-electron chi connectivity index (χ0n) is 19.3. The number of nitrogens with one attached hydrogen (secondary N) is 2. The molecule has 2 atom stereocenters. The van der Waals surface area contributed by atoms with Crippen molar-refractivity contribution in [1.82, 2.24) is 5.32 Å². The summed E-state index contributed by atoms with van der Waals surface area (Å²) in [6.45, 7) is 0.858. The third-order valence-electron chi connectivity index (χ3n) is 6.50. The van der Waals surface area contributed by atoms with Crippen LogP contribution in [0.4, 0.5) is 18.9 Å². The second-order valence-electron chi connectivity index (χ2n) is 9.31. The minimum atomic E-state index is -5.18. The molecule has 0 aliphatic heterocycles. The Balaban J connectivity index is 1.40. The van der Waals surface area contributed by atoms with Crippen LogP contribution in [0.5, 0.6) is 5.75 Å². The Kier molecular flexibility index (Phi) is 6.53. The fraction of sp³-hybridized carbons (Fsp3) is 0.286. The van der Waals surface area contributed by atoms with E-state index in [1.165, 1.54) is 18.9 Å². The number of rotatable bonds is 8. The van der Waals surface area contributed by atoms with Crippen LogP contribution < -0.4 is 15.4 Å². The van der Waals surface area contributed by atoms with Crippen LogP contribution in [0.15, 0.2) is 72.8 Å². The Bertz CT molecular complexity index is 1270. The third-order valence-corrected chi connectivity index (χ3v) is 6.50. The molecule has 0 heterocycles. The monoisotopic (exact) mass is 494 g/mol. The Hall–Kier alpha value is -3.65. The predicted octanol–water partition coefficient (Wildman–Crippen LogP) is 5.93. The summed E-state index contributed by atoms with van der Waals surface area (Å²) in [4.78, 5) is 25.0. The number of halogens is 3. The molecule has 36 heavy (non-hydrogen) atoms. The summed E-state index contributed by atoms with van der Waals surface area (Å²) in [6.07, 6.45) is -2.12. The molecule has 2 saturated carbocycles. The number of ether oxygens (including phenoxy) is 1. The van der Waals surface area contributed by atoms with Gasteiger partial charge >= 0.3 is 12.1 Å². The van der Waals surface area contributed by atoms with Gasteiger partial charge in [-0.05, 0) is 61.1 Å². The van der Waals surface area contributed by atoms with E-state index in [1.54, 1.807) is 30.3 Å². The van der Waals surface area contributed by atoms with Gasteiger partial charge in [0.15, 0.2) is 0 Å². The van der Waals surface area contributed by atoms with Crippen molar-refractivity contribution in [2.24, 2.45) is 5.92 Å². The zero-order chi connectivity index (χ0) is 25.3. The van der Waals surface area contributed by atoms with Crippen molar-refractivity contribution < 1.29 is 27.5 Å². The van der Waals surface area contributed by atoms with Crippen LogP contribution in [0.3, 0.4) is 0 Å². The van der Waals surface area contributed by atoms with Gasteiger partial charge in [0.1, 0.15) is 5.75 Å². The normalized spacial score (nSPS) is 19.0. The number of anilines is 1. The molecule has 0 spiro atoms. The maximum absolute atomic E-state index is 13.2. The van der Waals surface area contributed by atoms with Crippen LogP contribution >= 0.6 is 0 Å². The summed E-state index contributed by atoms with van der Waals surface area (Å²) < 4.78 is 44.1. The summed E-state index contributed by atoms with van der Waals surface area (Å²) >= 11 is 0. The van der Waals surface area contributed by atoms with Crippen LogP contribution in [0, 0.1) is 5.92 Å². The summed E-state index contributed by atoms with van der Waals surface area (Å²) in [5.41, 5.74) is 2.59. The number of hydrogen-bond acceptors (Lipinski definition) is 4. The van der Waals surface area contributed by atoms with Gasteiger partial charge in [0, 0.05) is 23.2 Å². The number of alkyl halides is 3. The zero-order valence-corrected chi connectivity index (χ0v) is 19.3. The van der Waals surface area contributed by atoms with Crippen LogP contribution in [-0.4, -0.2) is 30.6 Å². The van der Waals surface area contributed by atoms with Crippen molar-refractivity contribution in [3.63, 3.8) is 0 Å². The van der Waals surface area contributed by atoms with E-state index >= 15 is 0 Å². The molecule has 2 N–H and O–H groups in total. The Morgan fingerprint density at radius 1 is 0.917 bits per heavy atom. The lowest BCUT2D eigenvalue weighted by atomic mass is 10.0. The molecule has 2 unspecified atom stereocenters. The minimum absolute atomic E-state index is 0.0785. The fourth-order valence-electron chi connectivity index (χ4n) is 4.30. The van der Waals surface area contributed by atoms with Gasteiger partial charge in [-0.15, -0.1) is 0 Å². The summed E-state index contributed by atoms with van der Waals surface area (Å²) in [5.74, 6) is -2.82. The molecular formula is C28H25F3N2O3. The van der Waals surface area contributed by atoms with Gasteiger partial charge in [-0.25, -0.2) is 4.79 Å². The number of amides is 1. The standard InChI is InChI=1S/C28H25F3N2O3/c29-28(30,31)27(35)36-25-21(23-15-24(23)32-16-17-12-13-17)10-5-11-22(25)26(34)33-20-9-4-8-19(14-20)18-6-2-1-3-7-18/h1-11,14,17,23-24,32H,12-13,15-16H2,(H,33,34). The number of esters is 1. The molecule has 0 radical (unpaired) electrons. The predicted molar refractivity (Wildman–Crippen MR) is 130 cm³/mol. The molecule has 0 saturated heterocycles. The number of hydrogen-bond donors (Lipinski definition) is 2. The van der Waals surface area contributed by atoms with E-state index in [4.69, 9.17) is 4.74 Å². The van der Waals surface area contributed by atoms with E-state index in [2.05, 4.69) is 10.6 Å². The van der Waals surface area contributed by atoms with Gasteiger partial charge in [-0.1, -0.05) is 54.6 Å². The number of carbonyl (C=O) groups excluding carboxylic acids is 2. The van der Waals surface area contributed by atoms with Gasteiger partial charge in [0.2, 0.25) is 0 Å². The number of benzene rings is 3. The van der Waals surface area contributed by atoms with E-state index in [-0.39, 0.29) is 23.3 Å². The average molecular weight is 495 g/mol. The van der Waals surface area contributed by atoms with Gasteiger partial charge in [0.25, 0.3) is 5.91 Å². The first-order valence-corrected chi connectivity index (χ1v) is 11.9. The maximum Gasteiger partial charge on any atom is 0.491 e. The van der Waals surface area contributed by atoms with Gasteiger partial charge in [0.05, 0.1) is 5.56 Å². The Labute approximate surface area is 206 Å². The maximum atomic E-state index is 13.2. The molecule has 0 aromatic heterocycles. The molecule has 2 aliphatic rings. The summed E-state index contributed by atoms with van der Waals surface area (Å²) in [7, 11) is 0. The van der Waals surface area contributed by atoms with Crippen LogP contribution in [0.2, 0.25) is 0 Å². The van der Waals surface area contributed by atoms with E-state index < -0.39 is 18.1 Å². The SMILES string of the molecule is O=C(Nc1cccc(-c2ccccc2)c1)c1cccc(C2CC2NCC2CC2)c1OC(=O)C(F)(F)F. The quantitative estimate of drug-likeness (QED) is 0.301. The summed E-state index contributed by atoms with van der Waals surface area (Å²) in [5, 5.41) is 6.16. The van der Waals surface area contributed by atoms with Gasteiger partial charge in [-0.3, -0.25) is 4.79 Å². The van der Waals surface area contributed by atoms with E-state index in [0.717, 1.165) is 17.7 Å². The van der Waals surface area contributed by atoms with Crippen molar-refractivity contribution in [1.29, 1.82) is 0 Å². The highest BCUT2D eigenvalue weighted by molar-refractivity contribution is 6.07. The van der Waals surface area contributed by atoms with E-state index in [9.17, 15) is 22.8 Å². The number of carbonyl (C=O) groups is 2. The molecule has 3 aromatic rings. The second kappa shape index (κ2) is 9.78. The van der Waals surface area contributed by atoms with E-state index in [1.807, 2.05) is 36.4 Å². The highest BCUT2D eigenvalue weighted by atomic mass is 19.4. The first-order chi connectivity index (χ1) is 17.3. The van der Waals surface area contributed by atoms with Crippen molar-refractivity contribution in [2.45, 2.75) is 37.4 Å². The summed E-state index contributed by atoms with van der Waals surface area (Å²) in [6, 6.07) is 21.4. The average Bonchev–Trinajstić information content (AvgIpc) is 3.78. The highest BCUT2D eigenvalue weighted by Gasteiger charge is 2.45. The molecule has 3 aromatic carbocycles. The van der Waals surface area contributed by atoms with Crippen LogP contribution in [-0.2, 0) is 4.79 Å².